The third-order valence-corrected chi connectivity index (χ3v) is 4.07. The Hall–Kier alpha value is -1.38. The van der Waals surface area contributed by atoms with E-state index in [9.17, 15) is 0 Å². The van der Waals surface area contributed by atoms with E-state index in [-0.39, 0.29) is 5.41 Å². The molecule has 0 aliphatic rings. The van der Waals surface area contributed by atoms with Gasteiger partial charge in [-0.15, -0.1) is 0 Å². The fraction of sp³-hybridized carbons (Fsp3) is 0.625. The minimum atomic E-state index is 0.183. The zero-order valence-electron chi connectivity index (χ0n) is 12.3. The summed E-state index contributed by atoms with van der Waals surface area (Å²) in [5.74, 6) is 0. The Bertz CT molecular complexity index is 520. The zero-order valence-corrected chi connectivity index (χ0v) is 12.3. The average Bonchev–Trinajstić information content (AvgIpc) is 2.87. The Kier molecular flexibility index (Phi) is 4.56. The van der Waals surface area contributed by atoms with Crippen molar-refractivity contribution in [3.05, 3.63) is 23.8 Å². The zero-order chi connectivity index (χ0) is 13.7. The van der Waals surface area contributed by atoms with Crippen molar-refractivity contribution < 1.29 is 4.63 Å². The van der Waals surface area contributed by atoms with Gasteiger partial charge in [0.15, 0.2) is 0 Å². The molecule has 1 heterocycles. The van der Waals surface area contributed by atoms with Crippen LogP contribution < -0.4 is 0 Å². The summed E-state index contributed by atoms with van der Waals surface area (Å²) in [7, 11) is 0. The lowest BCUT2D eigenvalue weighted by Gasteiger charge is -2.30. The Balaban J connectivity index is 2.34. The average molecular weight is 260 g/mol. The summed E-state index contributed by atoms with van der Waals surface area (Å²) in [6.45, 7) is 6.86. The fourth-order valence-corrected chi connectivity index (χ4v) is 3.00. The van der Waals surface area contributed by atoms with E-state index in [1.54, 1.807) is 0 Å². The first-order valence-corrected chi connectivity index (χ1v) is 7.43. The van der Waals surface area contributed by atoms with Crippen LogP contribution >= 0.6 is 0 Å². The van der Waals surface area contributed by atoms with Crippen molar-refractivity contribution in [1.29, 1.82) is 0 Å². The van der Waals surface area contributed by atoms with Gasteiger partial charge in [-0.3, -0.25) is 0 Å². The highest BCUT2D eigenvalue weighted by atomic mass is 16.6. The smallest absolute Gasteiger partial charge is 0.138 e. The van der Waals surface area contributed by atoms with Crippen LogP contribution in [0.25, 0.3) is 11.0 Å². The van der Waals surface area contributed by atoms with Crippen LogP contribution in [0.2, 0.25) is 0 Å². The molecule has 0 radical (unpaired) electrons. The van der Waals surface area contributed by atoms with Gasteiger partial charge in [0.1, 0.15) is 11.0 Å². The van der Waals surface area contributed by atoms with E-state index in [1.807, 2.05) is 6.07 Å². The Morgan fingerprint density at radius 1 is 1.05 bits per heavy atom. The summed E-state index contributed by atoms with van der Waals surface area (Å²) in [6.07, 6.45) is 7.41. The number of hydrogen-bond donors (Lipinski definition) is 0. The lowest BCUT2D eigenvalue weighted by atomic mass is 9.74. The molecule has 0 N–H and O–H groups in total. The van der Waals surface area contributed by atoms with Crippen molar-refractivity contribution in [2.75, 3.05) is 0 Å². The molecule has 2 rings (SSSR count). The quantitative estimate of drug-likeness (QED) is 0.667. The predicted molar refractivity (Wildman–Crippen MR) is 78.2 cm³/mol. The molecular formula is C16H24N2O. The van der Waals surface area contributed by atoms with Gasteiger partial charge in [0.05, 0.1) is 0 Å². The van der Waals surface area contributed by atoms with Crippen LogP contribution in [-0.4, -0.2) is 10.3 Å². The van der Waals surface area contributed by atoms with E-state index < -0.39 is 0 Å². The number of hydrogen-bond acceptors (Lipinski definition) is 3. The van der Waals surface area contributed by atoms with Crippen molar-refractivity contribution in [1.82, 2.24) is 10.3 Å². The number of nitrogens with zero attached hydrogens (tertiary/aromatic N) is 2. The highest BCUT2D eigenvalue weighted by Gasteiger charge is 2.28. The van der Waals surface area contributed by atoms with Crippen molar-refractivity contribution in [3.8, 4) is 0 Å². The minimum Gasteiger partial charge on any atom is -0.243 e. The van der Waals surface area contributed by atoms with Crippen molar-refractivity contribution in [2.45, 2.75) is 64.7 Å². The molecule has 0 aliphatic heterocycles. The first kappa shape index (κ1) is 14.0. The molecule has 0 saturated carbocycles. The van der Waals surface area contributed by atoms with Gasteiger partial charge in [0.2, 0.25) is 0 Å². The first-order chi connectivity index (χ1) is 9.21. The molecule has 0 spiro atoms. The summed E-state index contributed by atoms with van der Waals surface area (Å²) < 4.78 is 4.90. The SMILES string of the molecule is CCCCCC(C)(CCC)c1cccc2nonc12. The third-order valence-electron chi connectivity index (χ3n) is 4.07. The molecule has 104 valence electrons. The summed E-state index contributed by atoms with van der Waals surface area (Å²) in [4.78, 5) is 0. The molecule has 2 aromatic rings. The number of unbranched alkanes of at least 4 members (excludes halogenated alkanes) is 2. The molecule has 1 unspecified atom stereocenters. The number of aromatic nitrogens is 2. The molecule has 19 heavy (non-hydrogen) atoms. The third kappa shape index (κ3) is 2.96. The fourth-order valence-electron chi connectivity index (χ4n) is 3.00. The largest absolute Gasteiger partial charge is 0.243 e. The van der Waals surface area contributed by atoms with Crippen molar-refractivity contribution >= 4 is 11.0 Å². The highest BCUT2D eigenvalue weighted by molar-refractivity contribution is 5.78. The predicted octanol–water partition coefficient (Wildman–Crippen LogP) is 4.86. The normalized spacial score (nSPS) is 14.7. The minimum absolute atomic E-state index is 0.183. The van der Waals surface area contributed by atoms with E-state index in [1.165, 1.54) is 44.1 Å². The Labute approximate surface area is 115 Å². The molecule has 0 bridgehead atoms. The van der Waals surface area contributed by atoms with Gasteiger partial charge < -0.3 is 0 Å². The maximum atomic E-state index is 4.90. The van der Waals surface area contributed by atoms with Gasteiger partial charge in [-0.25, -0.2) is 4.63 Å². The molecule has 0 fully saturated rings. The van der Waals surface area contributed by atoms with E-state index in [2.05, 4.69) is 43.2 Å². The maximum absolute atomic E-state index is 4.90. The van der Waals surface area contributed by atoms with Crippen LogP contribution in [0, 0.1) is 0 Å². The summed E-state index contributed by atoms with van der Waals surface area (Å²) in [5.41, 5.74) is 3.29. The molecular weight excluding hydrogens is 236 g/mol. The monoisotopic (exact) mass is 260 g/mol. The Morgan fingerprint density at radius 3 is 2.63 bits per heavy atom. The van der Waals surface area contributed by atoms with Gasteiger partial charge in [-0.05, 0) is 40.2 Å². The maximum Gasteiger partial charge on any atom is 0.138 e. The summed E-state index contributed by atoms with van der Waals surface area (Å²) >= 11 is 0. The second-order valence-electron chi connectivity index (χ2n) is 5.71. The molecule has 1 aromatic carbocycles. The Morgan fingerprint density at radius 2 is 1.89 bits per heavy atom. The van der Waals surface area contributed by atoms with Crippen LogP contribution in [0.1, 0.15) is 64.9 Å². The van der Waals surface area contributed by atoms with Crippen LogP contribution in [0.15, 0.2) is 22.8 Å². The standard InChI is InChI=1S/C16H24N2O/c1-4-6-7-12-16(3,11-5-2)13-9-8-10-14-15(13)18-19-17-14/h8-10H,4-7,11-12H2,1-3H3. The second-order valence-corrected chi connectivity index (χ2v) is 5.71. The molecule has 1 atom stereocenters. The molecule has 0 saturated heterocycles. The number of benzene rings is 1. The van der Waals surface area contributed by atoms with Crippen LogP contribution in [0.3, 0.4) is 0 Å². The molecule has 1 aromatic heterocycles. The number of rotatable bonds is 7. The van der Waals surface area contributed by atoms with Crippen LogP contribution in [0.4, 0.5) is 0 Å². The first-order valence-electron chi connectivity index (χ1n) is 7.43. The molecule has 3 nitrogen and oxygen atoms in total. The van der Waals surface area contributed by atoms with Crippen LogP contribution in [-0.2, 0) is 5.41 Å². The van der Waals surface area contributed by atoms with E-state index in [4.69, 9.17) is 4.63 Å². The lowest BCUT2D eigenvalue weighted by molar-refractivity contribution is 0.313. The van der Waals surface area contributed by atoms with Gasteiger partial charge >= 0.3 is 0 Å². The van der Waals surface area contributed by atoms with Gasteiger partial charge in [-0.1, -0.05) is 58.6 Å². The topological polar surface area (TPSA) is 38.9 Å². The van der Waals surface area contributed by atoms with Crippen molar-refractivity contribution in [3.63, 3.8) is 0 Å². The summed E-state index contributed by atoms with van der Waals surface area (Å²) in [6, 6.07) is 6.22. The van der Waals surface area contributed by atoms with Crippen molar-refractivity contribution in [2.24, 2.45) is 0 Å². The van der Waals surface area contributed by atoms with Gasteiger partial charge in [0.25, 0.3) is 0 Å². The second kappa shape index (κ2) is 6.18. The van der Waals surface area contributed by atoms with Crippen LogP contribution in [0.5, 0.6) is 0 Å². The molecule has 3 heteroatoms. The van der Waals surface area contributed by atoms with Gasteiger partial charge in [-0.2, -0.15) is 0 Å². The lowest BCUT2D eigenvalue weighted by Crippen LogP contribution is -2.22. The molecule has 0 aliphatic carbocycles. The van der Waals surface area contributed by atoms with E-state index in [0.29, 0.717) is 0 Å². The van der Waals surface area contributed by atoms with E-state index in [0.717, 1.165) is 11.0 Å². The van der Waals surface area contributed by atoms with Gasteiger partial charge in [0, 0.05) is 0 Å². The van der Waals surface area contributed by atoms with E-state index >= 15 is 0 Å². The summed E-state index contributed by atoms with van der Waals surface area (Å²) in [5, 5.41) is 8.07. The number of fused-ring (bicyclic) bond motifs is 1. The highest BCUT2D eigenvalue weighted by Crippen LogP contribution is 2.37. The molecule has 0 amide bonds.